The molecule has 3 aromatic rings. The number of nitrogens with one attached hydrogen (secondary N) is 3. The first-order valence-corrected chi connectivity index (χ1v) is 15.4. The first-order valence-electron chi connectivity index (χ1n) is 12.7. The fourth-order valence-corrected chi connectivity index (χ4v) is 7.55. The topological polar surface area (TPSA) is 87.3 Å². The van der Waals surface area contributed by atoms with Crippen molar-refractivity contribution in [3.63, 3.8) is 0 Å². The molecular formula is C28H36ClN3O3S2. The third-order valence-electron chi connectivity index (χ3n) is 6.41. The van der Waals surface area contributed by atoms with Gasteiger partial charge in [-0.05, 0) is 77.9 Å². The molecule has 37 heavy (non-hydrogen) atoms. The molecule has 1 aromatic heterocycles. The third-order valence-corrected chi connectivity index (χ3v) is 9.82. The fourth-order valence-electron chi connectivity index (χ4n) is 4.73. The highest BCUT2D eigenvalue weighted by atomic mass is 35.5. The van der Waals surface area contributed by atoms with Gasteiger partial charge in [0.05, 0.1) is 6.04 Å². The fraction of sp³-hybridized carbons (Fsp3) is 0.464. The molecule has 0 spiro atoms. The number of fused-ring (bicyclic) bond motifs is 2. The summed E-state index contributed by atoms with van der Waals surface area (Å²) < 4.78 is 29.6. The number of carbonyl (C=O) groups is 1. The Hall–Kier alpha value is -1.97. The van der Waals surface area contributed by atoms with Crippen LogP contribution in [-0.4, -0.2) is 26.9 Å². The lowest BCUT2D eigenvalue weighted by Gasteiger charge is -2.27. The van der Waals surface area contributed by atoms with E-state index in [4.69, 9.17) is 11.6 Å². The van der Waals surface area contributed by atoms with Gasteiger partial charge in [0.25, 0.3) is 0 Å². The number of rotatable bonds is 9. The quantitative estimate of drug-likeness (QED) is 0.302. The van der Waals surface area contributed by atoms with Gasteiger partial charge in [-0.1, -0.05) is 50.6 Å². The van der Waals surface area contributed by atoms with Crippen molar-refractivity contribution in [3.05, 3.63) is 64.2 Å². The summed E-state index contributed by atoms with van der Waals surface area (Å²) in [6.45, 7) is 10.1. The van der Waals surface area contributed by atoms with Crippen molar-refractivity contribution >= 4 is 49.0 Å². The number of hydrogen-bond acceptors (Lipinski definition) is 5. The molecule has 1 heterocycles. The first-order chi connectivity index (χ1) is 17.4. The lowest BCUT2D eigenvalue weighted by molar-refractivity contribution is -0.122. The van der Waals surface area contributed by atoms with Crippen molar-refractivity contribution < 1.29 is 13.2 Å². The molecule has 2 atom stereocenters. The summed E-state index contributed by atoms with van der Waals surface area (Å²) >= 11 is 7.22. The Bertz CT molecular complexity index is 1380. The van der Waals surface area contributed by atoms with Crippen LogP contribution in [0.4, 0.5) is 0 Å². The smallest absolute Gasteiger partial charge is 0.250 e. The lowest BCUT2D eigenvalue weighted by atomic mass is 9.86. The first kappa shape index (κ1) is 28.0. The summed E-state index contributed by atoms with van der Waals surface area (Å²) in [4.78, 5) is 12.9. The highest BCUT2D eigenvalue weighted by Gasteiger charge is 2.25. The predicted octanol–water partition coefficient (Wildman–Crippen LogP) is 5.94. The van der Waals surface area contributed by atoms with Crippen LogP contribution in [-0.2, 0) is 27.8 Å². The predicted molar refractivity (Wildman–Crippen MR) is 153 cm³/mol. The molecule has 0 saturated heterocycles. The van der Waals surface area contributed by atoms with Crippen LogP contribution in [0.5, 0.6) is 0 Å². The molecule has 1 aliphatic rings. The van der Waals surface area contributed by atoms with E-state index in [0.29, 0.717) is 5.02 Å². The molecular weight excluding hydrogens is 526 g/mol. The van der Waals surface area contributed by atoms with E-state index in [1.165, 1.54) is 22.5 Å². The van der Waals surface area contributed by atoms with Gasteiger partial charge in [-0.25, -0.2) is 13.1 Å². The largest absolute Gasteiger partial charge is 0.349 e. The molecule has 3 N–H and O–H groups in total. The van der Waals surface area contributed by atoms with E-state index in [0.717, 1.165) is 48.0 Å². The Labute approximate surface area is 229 Å². The molecule has 2 aromatic carbocycles. The maximum Gasteiger partial charge on any atom is 0.250 e. The Kier molecular flexibility index (Phi) is 8.65. The molecule has 0 unspecified atom stereocenters. The Morgan fingerprint density at radius 1 is 1.16 bits per heavy atom. The maximum absolute atomic E-state index is 12.9. The zero-order valence-electron chi connectivity index (χ0n) is 21.9. The minimum atomic E-state index is -3.74. The van der Waals surface area contributed by atoms with Crippen LogP contribution >= 0.6 is 22.9 Å². The molecule has 0 saturated carbocycles. The van der Waals surface area contributed by atoms with E-state index in [9.17, 15) is 13.2 Å². The molecule has 0 fully saturated rings. The second-order valence-corrected chi connectivity index (χ2v) is 14.6. The normalized spacial score (nSPS) is 16.9. The highest BCUT2D eigenvalue weighted by molar-refractivity contribution is 7.91. The molecule has 0 aliphatic heterocycles. The van der Waals surface area contributed by atoms with E-state index >= 15 is 0 Å². The van der Waals surface area contributed by atoms with Crippen molar-refractivity contribution in [1.82, 2.24) is 15.4 Å². The Balaban J connectivity index is 1.34. The number of aryl methyl sites for hydroxylation is 1. The highest BCUT2D eigenvalue weighted by Crippen LogP contribution is 2.32. The maximum atomic E-state index is 12.9. The molecule has 4 rings (SSSR count). The Morgan fingerprint density at radius 2 is 1.95 bits per heavy atom. The Morgan fingerprint density at radius 3 is 2.70 bits per heavy atom. The van der Waals surface area contributed by atoms with Gasteiger partial charge in [0.15, 0.2) is 0 Å². The van der Waals surface area contributed by atoms with E-state index in [1.54, 1.807) is 25.1 Å². The average molecular weight is 562 g/mol. The average Bonchev–Trinajstić information content (AvgIpc) is 3.22. The number of halogens is 1. The zero-order valence-corrected chi connectivity index (χ0v) is 24.2. The van der Waals surface area contributed by atoms with Crippen molar-refractivity contribution in [2.45, 2.75) is 76.2 Å². The van der Waals surface area contributed by atoms with E-state index in [-0.39, 0.29) is 28.0 Å². The molecule has 9 heteroatoms. The van der Waals surface area contributed by atoms with Crippen molar-refractivity contribution in [3.8, 4) is 0 Å². The standard InChI is InChI=1S/C28H36ClN3O3S2/c1-18(32-37(34,35)27-15-21-14-22(29)9-11-25(21)36-27)12-26(33)31-24-7-5-6-20-13-19(8-10-23(20)24)16-30-17-28(2,3)4/h8-11,13-15,18,24,30,32H,5-7,12,16-17H2,1-4H3,(H,31,33)/t18-,24+/m0/s1. The van der Waals surface area contributed by atoms with Crippen LogP contribution in [0.1, 0.15) is 69.7 Å². The second kappa shape index (κ2) is 11.4. The van der Waals surface area contributed by atoms with Gasteiger partial charge in [-0.2, -0.15) is 0 Å². The van der Waals surface area contributed by atoms with Crippen LogP contribution in [0.2, 0.25) is 5.02 Å². The molecule has 6 nitrogen and oxygen atoms in total. The van der Waals surface area contributed by atoms with Gasteiger partial charge in [0.1, 0.15) is 4.21 Å². The van der Waals surface area contributed by atoms with Gasteiger partial charge >= 0.3 is 0 Å². The van der Waals surface area contributed by atoms with Gasteiger partial charge < -0.3 is 10.6 Å². The van der Waals surface area contributed by atoms with E-state index in [2.05, 4.69) is 54.3 Å². The second-order valence-electron chi connectivity index (χ2n) is 11.2. The summed E-state index contributed by atoms with van der Waals surface area (Å²) in [6.07, 6.45) is 2.96. The van der Waals surface area contributed by atoms with E-state index in [1.807, 2.05) is 6.07 Å². The minimum absolute atomic E-state index is 0.0519. The zero-order chi connectivity index (χ0) is 26.8. The number of hydrogen-bond donors (Lipinski definition) is 3. The summed E-state index contributed by atoms with van der Waals surface area (Å²) in [5, 5.41) is 8.01. The van der Waals surface area contributed by atoms with Crippen molar-refractivity contribution in [1.29, 1.82) is 0 Å². The van der Waals surface area contributed by atoms with Crippen LogP contribution in [0.3, 0.4) is 0 Å². The summed E-state index contributed by atoms with van der Waals surface area (Å²) in [6, 6.07) is 12.8. The van der Waals surface area contributed by atoms with Crippen LogP contribution in [0, 0.1) is 5.41 Å². The molecule has 200 valence electrons. The summed E-state index contributed by atoms with van der Waals surface area (Å²) in [7, 11) is -3.74. The lowest BCUT2D eigenvalue weighted by Crippen LogP contribution is -2.38. The molecule has 1 amide bonds. The number of thiophene rings is 1. The summed E-state index contributed by atoms with van der Waals surface area (Å²) in [5.74, 6) is -0.160. The molecule has 1 aliphatic carbocycles. The molecule has 0 bridgehead atoms. The van der Waals surface area contributed by atoms with Crippen LogP contribution in [0.25, 0.3) is 10.1 Å². The van der Waals surface area contributed by atoms with Gasteiger partial charge in [-0.3, -0.25) is 4.79 Å². The van der Waals surface area contributed by atoms with Crippen molar-refractivity contribution in [2.24, 2.45) is 5.41 Å². The van der Waals surface area contributed by atoms with Gasteiger partial charge in [0, 0.05) is 35.3 Å². The summed E-state index contributed by atoms with van der Waals surface area (Å²) in [5.41, 5.74) is 3.93. The molecule has 0 radical (unpaired) electrons. The number of sulfonamides is 1. The van der Waals surface area contributed by atoms with Crippen LogP contribution < -0.4 is 15.4 Å². The number of carbonyl (C=O) groups excluding carboxylic acids is 1. The van der Waals surface area contributed by atoms with Gasteiger partial charge in [-0.15, -0.1) is 11.3 Å². The monoisotopic (exact) mass is 561 g/mol. The SMILES string of the molecule is C[C@@H](CC(=O)N[C@@H]1CCCc2cc(CNCC(C)(C)C)ccc21)NS(=O)(=O)c1cc2cc(Cl)ccc2s1. The van der Waals surface area contributed by atoms with Crippen LogP contribution in [0.15, 0.2) is 46.7 Å². The van der Waals surface area contributed by atoms with E-state index < -0.39 is 16.1 Å². The van der Waals surface area contributed by atoms with Crippen molar-refractivity contribution in [2.75, 3.05) is 6.54 Å². The van der Waals surface area contributed by atoms with Gasteiger partial charge in [0.2, 0.25) is 15.9 Å². The minimum Gasteiger partial charge on any atom is -0.349 e. The number of benzene rings is 2. The number of amides is 1. The third kappa shape index (κ3) is 7.54.